The Bertz CT molecular complexity index is 643. The van der Waals surface area contributed by atoms with Crippen LogP contribution in [0.1, 0.15) is 59.3 Å². The Kier molecular flexibility index (Phi) is 8.68. The molecule has 0 spiro atoms. The molecule has 6 nitrogen and oxygen atoms in total. The van der Waals surface area contributed by atoms with E-state index in [1.807, 2.05) is 6.08 Å². The van der Waals surface area contributed by atoms with E-state index < -0.39 is 12.1 Å². The van der Waals surface area contributed by atoms with Crippen LogP contribution in [0.3, 0.4) is 0 Å². The van der Waals surface area contributed by atoms with Crippen LogP contribution in [-0.2, 0) is 4.79 Å². The molecular weight excluding hydrogens is 374 g/mol. The second kappa shape index (κ2) is 10.5. The first-order chi connectivity index (χ1) is 13.3. The van der Waals surface area contributed by atoms with Crippen molar-refractivity contribution in [1.29, 1.82) is 0 Å². The Balaban J connectivity index is 2.30. The molecule has 3 atom stereocenters. The molecule has 0 aliphatic carbocycles. The topological polar surface area (TPSA) is 106 Å². The van der Waals surface area contributed by atoms with Gasteiger partial charge in [-0.25, -0.2) is 0 Å². The van der Waals surface area contributed by atoms with Crippen molar-refractivity contribution in [2.24, 2.45) is 27.8 Å². The van der Waals surface area contributed by atoms with Crippen LogP contribution in [0.15, 0.2) is 27.4 Å². The number of halogens is 1. The van der Waals surface area contributed by atoms with Gasteiger partial charge in [-0.3, -0.25) is 9.79 Å². The number of hydrogen-bond acceptors (Lipinski definition) is 5. The van der Waals surface area contributed by atoms with Crippen molar-refractivity contribution in [2.75, 3.05) is 13.1 Å². The molecule has 158 valence electrons. The van der Waals surface area contributed by atoms with Gasteiger partial charge in [-0.2, -0.15) is 0 Å². The number of aliphatic imine (C=N–C) groups is 1. The molecular formula is C21H36ClN5O. The van der Waals surface area contributed by atoms with E-state index in [4.69, 9.17) is 23.1 Å². The van der Waals surface area contributed by atoms with Crippen molar-refractivity contribution >= 4 is 23.7 Å². The lowest BCUT2D eigenvalue weighted by atomic mass is 9.70. The molecule has 2 heterocycles. The van der Waals surface area contributed by atoms with Gasteiger partial charge in [-0.1, -0.05) is 49.9 Å². The largest absolute Gasteiger partial charge is 0.328 e. The maximum atomic E-state index is 13.2. The lowest BCUT2D eigenvalue weighted by Gasteiger charge is -2.38. The molecule has 0 bridgehead atoms. The van der Waals surface area contributed by atoms with Gasteiger partial charge in [0.05, 0.1) is 23.2 Å². The van der Waals surface area contributed by atoms with E-state index in [0.717, 1.165) is 50.8 Å². The fourth-order valence-electron chi connectivity index (χ4n) is 4.31. The van der Waals surface area contributed by atoms with Gasteiger partial charge < -0.3 is 22.1 Å². The first-order valence-electron chi connectivity index (χ1n) is 10.4. The first kappa shape index (κ1) is 23.1. The number of amides is 1. The number of carbonyl (C=O) groups is 1. The third kappa shape index (κ3) is 5.89. The van der Waals surface area contributed by atoms with E-state index in [0.29, 0.717) is 11.6 Å². The molecule has 0 aromatic rings. The van der Waals surface area contributed by atoms with E-state index in [-0.39, 0.29) is 17.4 Å². The monoisotopic (exact) mass is 409 g/mol. The molecule has 2 aliphatic rings. The van der Waals surface area contributed by atoms with Crippen LogP contribution in [0.2, 0.25) is 0 Å². The fourth-order valence-corrected chi connectivity index (χ4v) is 4.45. The summed E-state index contributed by atoms with van der Waals surface area (Å²) in [5.74, 6) is -0.763. The van der Waals surface area contributed by atoms with Crippen LogP contribution in [0.4, 0.5) is 0 Å². The van der Waals surface area contributed by atoms with Crippen LogP contribution < -0.4 is 22.1 Å². The van der Waals surface area contributed by atoms with Gasteiger partial charge in [0.25, 0.3) is 0 Å². The highest BCUT2D eigenvalue weighted by molar-refractivity contribution is 6.39. The highest BCUT2D eigenvalue weighted by Gasteiger charge is 2.39. The zero-order valence-corrected chi connectivity index (χ0v) is 18.2. The summed E-state index contributed by atoms with van der Waals surface area (Å²) in [6, 6.07) is -0.300. The molecule has 0 saturated carbocycles. The Morgan fingerprint density at radius 2 is 2.21 bits per heavy atom. The predicted octanol–water partition coefficient (Wildman–Crippen LogP) is 2.78. The van der Waals surface area contributed by atoms with Crippen LogP contribution in [0.25, 0.3) is 0 Å². The van der Waals surface area contributed by atoms with E-state index in [1.165, 1.54) is 5.57 Å². The van der Waals surface area contributed by atoms with Gasteiger partial charge in [0.1, 0.15) is 0 Å². The summed E-state index contributed by atoms with van der Waals surface area (Å²) in [4.78, 5) is 17.8. The van der Waals surface area contributed by atoms with Gasteiger partial charge in [-0.05, 0) is 44.6 Å². The second-order valence-electron chi connectivity index (χ2n) is 8.22. The number of carbonyl (C=O) groups excluding carboxylic acids is 1. The minimum atomic E-state index is -0.794. The Hall–Kier alpha value is -1.21. The molecule has 0 aromatic carbocycles. The van der Waals surface area contributed by atoms with Crippen LogP contribution in [0.5, 0.6) is 0 Å². The number of nitrogens with one attached hydrogen (secondary N) is 2. The Morgan fingerprint density at radius 1 is 1.46 bits per heavy atom. The van der Waals surface area contributed by atoms with Crippen molar-refractivity contribution in [1.82, 2.24) is 10.6 Å². The number of nitrogens with zero attached hydrogens (tertiary/aromatic N) is 1. The van der Waals surface area contributed by atoms with Gasteiger partial charge in [0, 0.05) is 18.5 Å². The summed E-state index contributed by atoms with van der Waals surface area (Å²) in [5.41, 5.74) is 14.4. The molecule has 2 rings (SSSR count). The lowest BCUT2D eigenvalue weighted by molar-refractivity contribution is -0.125. The normalized spacial score (nSPS) is 30.2. The molecule has 0 fully saturated rings. The van der Waals surface area contributed by atoms with Crippen molar-refractivity contribution in [3.8, 4) is 0 Å². The molecule has 0 aromatic heterocycles. The Morgan fingerprint density at radius 3 is 2.82 bits per heavy atom. The van der Waals surface area contributed by atoms with Gasteiger partial charge >= 0.3 is 0 Å². The zero-order chi connectivity index (χ0) is 20.7. The van der Waals surface area contributed by atoms with Gasteiger partial charge in [0.15, 0.2) is 0 Å². The molecule has 6 N–H and O–H groups in total. The van der Waals surface area contributed by atoms with Crippen molar-refractivity contribution in [3.05, 3.63) is 22.4 Å². The number of rotatable bonds is 7. The first-order valence-corrected chi connectivity index (χ1v) is 10.8. The number of nitrogens with two attached hydrogens (primary N) is 2. The van der Waals surface area contributed by atoms with Crippen LogP contribution in [-0.4, -0.2) is 37.4 Å². The molecule has 3 unspecified atom stereocenters. The summed E-state index contributed by atoms with van der Waals surface area (Å²) in [6.45, 7) is 8.01. The average molecular weight is 410 g/mol. The summed E-state index contributed by atoms with van der Waals surface area (Å²) >= 11 is 6.31. The maximum Gasteiger partial charge on any atom is 0.232 e. The fraction of sp³-hybridized carbons (Fsp3) is 0.714. The number of hydrogen-bond donors (Lipinski definition) is 4. The minimum absolute atomic E-state index is 0.0479. The molecule has 0 saturated heterocycles. The third-order valence-electron chi connectivity index (χ3n) is 6.19. The Labute approximate surface area is 174 Å². The van der Waals surface area contributed by atoms with Crippen molar-refractivity contribution < 1.29 is 4.79 Å². The summed E-state index contributed by atoms with van der Waals surface area (Å²) in [6.07, 6.45) is 8.58. The average Bonchev–Trinajstić information content (AvgIpc) is 2.64. The minimum Gasteiger partial charge on any atom is -0.328 e. The maximum absolute atomic E-state index is 13.2. The van der Waals surface area contributed by atoms with E-state index in [2.05, 4.69) is 36.4 Å². The van der Waals surface area contributed by atoms with Gasteiger partial charge in [0.2, 0.25) is 5.91 Å². The van der Waals surface area contributed by atoms with E-state index in [9.17, 15) is 4.79 Å². The highest BCUT2D eigenvalue weighted by Crippen LogP contribution is 2.41. The standard InChI is InChI=1S/C21H36ClN5O/c1-4-8-21(5-2)9-6-15(22)12-26-16(11-21)18(19(23)24)20(28)27-17-13-25-10-7-14(17)3/h6,12,16,18-19,25H,4-5,7-11,13,23-24H2,1-3H3,(H,27,28)/b15-6+,26-12-. The molecule has 7 heteroatoms. The van der Waals surface area contributed by atoms with Gasteiger partial charge in [-0.15, -0.1) is 0 Å². The van der Waals surface area contributed by atoms with Crippen LogP contribution >= 0.6 is 11.6 Å². The van der Waals surface area contributed by atoms with E-state index >= 15 is 0 Å². The number of allylic oxidation sites excluding steroid dienone is 2. The summed E-state index contributed by atoms with van der Waals surface area (Å²) < 4.78 is 0. The molecule has 2 aliphatic heterocycles. The molecule has 0 radical (unpaired) electrons. The molecule has 28 heavy (non-hydrogen) atoms. The second-order valence-corrected chi connectivity index (χ2v) is 8.66. The van der Waals surface area contributed by atoms with E-state index in [1.54, 1.807) is 6.21 Å². The smallest absolute Gasteiger partial charge is 0.232 e. The molecule has 1 amide bonds. The zero-order valence-electron chi connectivity index (χ0n) is 17.4. The highest BCUT2D eigenvalue weighted by atomic mass is 35.5. The predicted molar refractivity (Wildman–Crippen MR) is 117 cm³/mol. The summed E-state index contributed by atoms with van der Waals surface area (Å²) in [7, 11) is 0. The third-order valence-corrected chi connectivity index (χ3v) is 6.44. The quantitative estimate of drug-likeness (QED) is 0.485. The lowest BCUT2D eigenvalue weighted by Crippen LogP contribution is -2.53. The van der Waals surface area contributed by atoms with Crippen molar-refractivity contribution in [2.45, 2.75) is 71.5 Å². The summed E-state index contributed by atoms with van der Waals surface area (Å²) in [5, 5.41) is 6.97. The van der Waals surface area contributed by atoms with Crippen molar-refractivity contribution in [3.63, 3.8) is 0 Å². The van der Waals surface area contributed by atoms with Crippen LogP contribution in [0, 0.1) is 11.3 Å². The SMILES string of the molecule is CCCC1(CC)C/C=C(Cl)\C=N/C(C(C(=O)NC2=C(C)CCNC2)C(N)N)C1.